The summed E-state index contributed by atoms with van der Waals surface area (Å²) in [6.07, 6.45) is 3.67. The smallest absolute Gasteiger partial charge is 0.285 e. The lowest BCUT2D eigenvalue weighted by Crippen LogP contribution is -2.26. The van der Waals surface area contributed by atoms with Gasteiger partial charge in [-0.1, -0.05) is 11.6 Å². The van der Waals surface area contributed by atoms with Crippen molar-refractivity contribution in [1.29, 1.82) is 0 Å². The second kappa shape index (κ2) is 7.23. The summed E-state index contributed by atoms with van der Waals surface area (Å²) >= 11 is 6.07. The van der Waals surface area contributed by atoms with E-state index in [1.807, 2.05) is 18.9 Å². The van der Waals surface area contributed by atoms with E-state index in [0.717, 1.165) is 11.3 Å². The summed E-state index contributed by atoms with van der Waals surface area (Å²) in [7, 11) is 1.83. The standard InChI is InChI=1S/C18H18ClFN6O2/c1-10-13(7-22-25(10)2)11-5-15(20)23-16(6-11)28-12-3-4-26(9-12)14-8-21-24-18(27)17(14)19/h5-8,12H,3-4,9H2,1-2H3,(H,24,27)/t12-/m1/s1. The van der Waals surface area contributed by atoms with Crippen LogP contribution in [0.2, 0.25) is 5.02 Å². The molecule has 1 saturated heterocycles. The quantitative estimate of drug-likeness (QED) is 0.671. The average molecular weight is 405 g/mol. The van der Waals surface area contributed by atoms with Gasteiger partial charge in [0.05, 0.1) is 24.6 Å². The van der Waals surface area contributed by atoms with Crippen LogP contribution in [0.3, 0.4) is 0 Å². The van der Waals surface area contributed by atoms with E-state index < -0.39 is 11.5 Å². The van der Waals surface area contributed by atoms with E-state index in [2.05, 4.69) is 20.3 Å². The molecule has 1 atom stereocenters. The van der Waals surface area contributed by atoms with Gasteiger partial charge >= 0.3 is 0 Å². The van der Waals surface area contributed by atoms with Crippen LogP contribution in [0.25, 0.3) is 11.1 Å². The third-order valence-electron chi connectivity index (χ3n) is 4.87. The molecule has 0 saturated carbocycles. The number of hydrogen-bond acceptors (Lipinski definition) is 6. The molecular weight excluding hydrogens is 387 g/mol. The molecule has 0 unspecified atom stereocenters. The van der Waals surface area contributed by atoms with Crippen molar-refractivity contribution in [3.63, 3.8) is 0 Å². The molecule has 1 aliphatic rings. The minimum atomic E-state index is -0.618. The highest BCUT2D eigenvalue weighted by atomic mass is 35.5. The number of aromatic nitrogens is 5. The van der Waals surface area contributed by atoms with E-state index in [1.54, 1.807) is 16.9 Å². The molecule has 0 bridgehead atoms. The van der Waals surface area contributed by atoms with E-state index in [9.17, 15) is 9.18 Å². The van der Waals surface area contributed by atoms with Gasteiger partial charge in [0.25, 0.3) is 5.56 Å². The summed E-state index contributed by atoms with van der Waals surface area (Å²) in [5.74, 6) is -0.410. The molecule has 4 heterocycles. The topological polar surface area (TPSA) is 88.9 Å². The predicted octanol–water partition coefficient (Wildman–Crippen LogP) is 2.32. The van der Waals surface area contributed by atoms with Gasteiger partial charge in [-0.3, -0.25) is 9.48 Å². The van der Waals surface area contributed by atoms with Crippen molar-refractivity contribution in [3.05, 3.63) is 51.5 Å². The molecule has 1 aliphatic heterocycles. The second-order valence-electron chi connectivity index (χ2n) is 6.66. The number of pyridine rings is 1. The number of hydrogen-bond donors (Lipinski definition) is 1. The number of ether oxygens (including phenoxy) is 1. The monoisotopic (exact) mass is 404 g/mol. The molecule has 1 fully saturated rings. The first-order chi connectivity index (χ1) is 13.4. The molecule has 0 amide bonds. The number of nitrogens with one attached hydrogen (secondary N) is 1. The molecule has 0 spiro atoms. The fourth-order valence-corrected chi connectivity index (χ4v) is 3.49. The lowest BCUT2D eigenvalue weighted by atomic mass is 10.1. The fraction of sp³-hybridized carbons (Fsp3) is 0.333. The maximum Gasteiger partial charge on any atom is 0.285 e. The minimum Gasteiger partial charge on any atom is -0.472 e. The first kappa shape index (κ1) is 18.4. The Morgan fingerprint density at radius 1 is 1.36 bits per heavy atom. The van der Waals surface area contributed by atoms with Gasteiger partial charge in [0.2, 0.25) is 11.8 Å². The number of aromatic amines is 1. The number of nitrogens with zero attached hydrogens (tertiary/aromatic N) is 5. The summed E-state index contributed by atoms with van der Waals surface area (Å²) in [6.45, 7) is 3.04. The molecular formula is C18H18ClFN6O2. The summed E-state index contributed by atoms with van der Waals surface area (Å²) < 4.78 is 21.7. The number of rotatable bonds is 4. The van der Waals surface area contributed by atoms with Gasteiger partial charge in [0, 0.05) is 43.4 Å². The Balaban J connectivity index is 1.53. The van der Waals surface area contributed by atoms with Crippen LogP contribution in [0.5, 0.6) is 5.88 Å². The number of halogens is 2. The first-order valence-electron chi connectivity index (χ1n) is 8.73. The van der Waals surface area contributed by atoms with Crippen molar-refractivity contribution in [1.82, 2.24) is 25.0 Å². The van der Waals surface area contributed by atoms with Crippen LogP contribution in [-0.2, 0) is 7.05 Å². The lowest BCUT2D eigenvalue weighted by Gasteiger charge is -2.19. The largest absolute Gasteiger partial charge is 0.472 e. The van der Waals surface area contributed by atoms with Crippen molar-refractivity contribution in [3.8, 4) is 17.0 Å². The Bertz CT molecular complexity index is 1080. The van der Waals surface area contributed by atoms with Gasteiger partial charge in [-0.2, -0.15) is 19.6 Å². The van der Waals surface area contributed by atoms with E-state index in [-0.39, 0.29) is 17.0 Å². The number of anilines is 1. The normalized spacial score (nSPS) is 16.6. The molecule has 28 heavy (non-hydrogen) atoms. The van der Waals surface area contributed by atoms with E-state index in [4.69, 9.17) is 16.3 Å². The summed E-state index contributed by atoms with van der Waals surface area (Å²) in [6, 6.07) is 3.07. The fourth-order valence-electron chi connectivity index (χ4n) is 3.28. The van der Waals surface area contributed by atoms with Crippen molar-refractivity contribution >= 4 is 17.3 Å². The van der Waals surface area contributed by atoms with Crippen LogP contribution < -0.4 is 15.2 Å². The first-order valence-corrected chi connectivity index (χ1v) is 9.11. The molecule has 8 nitrogen and oxygen atoms in total. The zero-order valence-electron chi connectivity index (χ0n) is 15.3. The average Bonchev–Trinajstić information content (AvgIpc) is 3.24. The van der Waals surface area contributed by atoms with Crippen molar-refractivity contribution in [2.75, 3.05) is 18.0 Å². The van der Waals surface area contributed by atoms with Crippen molar-refractivity contribution < 1.29 is 9.13 Å². The van der Waals surface area contributed by atoms with Crippen molar-refractivity contribution in [2.24, 2.45) is 7.05 Å². The van der Waals surface area contributed by atoms with E-state index in [0.29, 0.717) is 30.8 Å². The van der Waals surface area contributed by atoms with Crippen LogP contribution in [0, 0.1) is 12.9 Å². The number of H-pyrrole nitrogens is 1. The highest BCUT2D eigenvalue weighted by Crippen LogP contribution is 2.29. The highest BCUT2D eigenvalue weighted by molar-refractivity contribution is 6.33. The third kappa shape index (κ3) is 3.45. The van der Waals surface area contributed by atoms with Crippen LogP contribution in [0.1, 0.15) is 12.1 Å². The summed E-state index contributed by atoms with van der Waals surface area (Å²) in [5.41, 5.74) is 2.51. The molecule has 0 aliphatic carbocycles. The van der Waals surface area contributed by atoms with E-state index >= 15 is 0 Å². The molecule has 10 heteroatoms. The molecule has 146 valence electrons. The molecule has 0 aromatic carbocycles. The SMILES string of the molecule is Cc1c(-c2cc(F)nc(O[C@@H]3CCN(c4cn[nH]c(=O)c4Cl)C3)c2)cnn1C. The zero-order chi connectivity index (χ0) is 19.8. The number of aryl methyl sites for hydroxylation is 1. The predicted molar refractivity (Wildman–Crippen MR) is 102 cm³/mol. The van der Waals surface area contributed by atoms with Gasteiger partial charge in [-0.25, -0.2) is 5.10 Å². The lowest BCUT2D eigenvalue weighted by molar-refractivity contribution is 0.213. The van der Waals surface area contributed by atoms with Crippen LogP contribution in [0.15, 0.2) is 29.3 Å². The second-order valence-corrected chi connectivity index (χ2v) is 7.03. The van der Waals surface area contributed by atoms with Gasteiger partial charge < -0.3 is 9.64 Å². The van der Waals surface area contributed by atoms with E-state index in [1.165, 1.54) is 12.3 Å². The summed E-state index contributed by atoms with van der Waals surface area (Å²) in [5, 5.41) is 10.4. The molecule has 3 aromatic rings. The Labute approximate surface area is 164 Å². The summed E-state index contributed by atoms with van der Waals surface area (Å²) in [4.78, 5) is 17.4. The van der Waals surface area contributed by atoms with Crippen molar-refractivity contribution in [2.45, 2.75) is 19.4 Å². The van der Waals surface area contributed by atoms with Crippen LogP contribution >= 0.6 is 11.6 Å². The molecule has 1 N–H and O–H groups in total. The van der Waals surface area contributed by atoms with Gasteiger partial charge in [-0.15, -0.1) is 0 Å². The highest BCUT2D eigenvalue weighted by Gasteiger charge is 2.27. The maximum absolute atomic E-state index is 14.1. The molecule has 4 rings (SSSR count). The van der Waals surface area contributed by atoms with Gasteiger partial charge in [0.1, 0.15) is 11.1 Å². The van der Waals surface area contributed by atoms with Gasteiger partial charge in [-0.05, 0) is 12.5 Å². The third-order valence-corrected chi connectivity index (χ3v) is 5.23. The minimum absolute atomic E-state index is 0.0915. The Morgan fingerprint density at radius 3 is 2.93 bits per heavy atom. The Kier molecular flexibility index (Phi) is 4.76. The van der Waals surface area contributed by atoms with Crippen LogP contribution in [-0.4, -0.2) is 44.2 Å². The molecule has 3 aromatic heterocycles. The molecule has 0 radical (unpaired) electrons. The van der Waals surface area contributed by atoms with Crippen LogP contribution in [0.4, 0.5) is 10.1 Å². The Hall–Kier alpha value is -2.94. The Morgan fingerprint density at radius 2 is 2.18 bits per heavy atom. The van der Waals surface area contributed by atoms with Gasteiger partial charge in [0.15, 0.2) is 0 Å². The maximum atomic E-state index is 14.1. The zero-order valence-corrected chi connectivity index (χ0v) is 16.1.